The molecule has 1 unspecified atom stereocenters. The molecule has 1 aliphatic rings. The number of hydrazine groups is 1. The van der Waals surface area contributed by atoms with Crippen molar-refractivity contribution in [2.75, 3.05) is 20.6 Å². The van der Waals surface area contributed by atoms with E-state index in [2.05, 4.69) is 21.1 Å². The highest BCUT2D eigenvalue weighted by molar-refractivity contribution is 5.95. The van der Waals surface area contributed by atoms with Crippen LogP contribution in [0, 0.1) is 5.82 Å². The Morgan fingerprint density at radius 1 is 1.35 bits per heavy atom. The normalized spacial score (nSPS) is 16.6. The van der Waals surface area contributed by atoms with E-state index in [4.69, 9.17) is 4.74 Å². The molecule has 0 amide bonds. The number of nitrogens with zero attached hydrogens (tertiary/aromatic N) is 2. The summed E-state index contributed by atoms with van der Waals surface area (Å²) in [6.45, 7) is 7.03. The maximum atomic E-state index is 13.7. The van der Waals surface area contributed by atoms with E-state index in [0.717, 1.165) is 11.4 Å². The molecule has 142 valence electrons. The number of halogens is 1. The lowest BCUT2D eigenvalue weighted by Gasteiger charge is -2.28. The molecule has 26 heavy (non-hydrogen) atoms. The van der Waals surface area contributed by atoms with Gasteiger partial charge in [-0.2, -0.15) is 0 Å². The number of likely N-dealkylation sites (N-methyl/N-ethyl adjacent to an activating group) is 1. The minimum Gasteiger partial charge on any atom is -0.489 e. The summed E-state index contributed by atoms with van der Waals surface area (Å²) < 4.78 is 19.6. The van der Waals surface area contributed by atoms with Crippen molar-refractivity contribution >= 4 is 5.84 Å². The first-order chi connectivity index (χ1) is 12.4. The summed E-state index contributed by atoms with van der Waals surface area (Å²) in [4.78, 5) is 4.58. The lowest BCUT2D eigenvalue weighted by molar-refractivity contribution is 0.218. The van der Waals surface area contributed by atoms with Gasteiger partial charge in [-0.3, -0.25) is 10.0 Å². The minimum absolute atomic E-state index is 0.0222. The topological polar surface area (TPSA) is 60.9 Å². The first-order valence-corrected chi connectivity index (χ1v) is 8.68. The molecule has 2 rings (SSSR count). The summed E-state index contributed by atoms with van der Waals surface area (Å²) in [5, 5.41) is 8.23. The number of allylic oxidation sites excluding steroid dienone is 1. The molecule has 1 atom stereocenters. The van der Waals surface area contributed by atoms with Gasteiger partial charge in [-0.05, 0) is 57.7 Å². The fraction of sp³-hybridized carbons (Fsp3) is 0.421. The van der Waals surface area contributed by atoms with Crippen LogP contribution in [0.3, 0.4) is 0 Å². The maximum absolute atomic E-state index is 13.7. The Morgan fingerprint density at radius 3 is 2.77 bits per heavy atom. The first kappa shape index (κ1) is 19.9. The molecule has 1 aromatic carbocycles. The van der Waals surface area contributed by atoms with Gasteiger partial charge in [0, 0.05) is 25.4 Å². The zero-order valence-corrected chi connectivity index (χ0v) is 16.1. The van der Waals surface area contributed by atoms with Crippen LogP contribution in [-0.2, 0) is 6.54 Å². The van der Waals surface area contributed by atoms with Crippen molar-refractivity contribution in [3.63, 3.8) is 0 Å². The highest BCUT2D eigenvalue weighted by atomic mass is 19.1. The Bertz CT molecular complexity index is 710. The number of aliphatic imine (C=N–C) groups is 1. The molecule has 1 aliphatic heterocycles. The smallest absolute Gasteiger partial charge is 0.128 e. The number of benzene rings is 1. The fourth-order valence-electron chi connectivity index (χ4n) is 2.59. The molecule has 0 radical (unpaired) electrons. The zero-order chi connectivity index (χ0) is 19.1. The van der Waals surface area contributed by atoms with E-state index >= 15 is 0 Å². The van der Waals surface area contributed by atoms with Gasteiger partial charge in [0.2, 0.25) is 0 Å². The lowest BCUT2D eigenvalue weighted by atomic mass is 10.2. The number of nitrogens with one attached hydrogen (secondary N) is 3. The molecule has 1 heterocycles. The zero-order valence-electron chi connectivity index (χ0n) is 16.1. The average Bonchev–Trinajstić information content (AvgIpc) is 2.61. The van der Waals surface area contributed by atoms with E-state index in [1.807, 2.05) is 52.2 Å². The summed E-state index contributed by atoms with van der Waals surface area (Å²) in [6, 6.07) is 4.54. The molecule has 0 fully saturated rings. The van der Waals surface area contributed by atoms with Crippen LogP contribution in [0.25, 0.3) is 0 Å². The average molecular weight is 361 g/mol. The van der Waals surface area contributed by atoms with E-state index in [1.54, 1.807) is 6.07 Å². The molecular weight excluding hydrogens is 333 g/mol. The van der Waals surface area contributed by atoms with Crippen molar-refractivity contribution < 1.29 is 9.13 Å². The molecule has 0 aromatic heterocycles. The summed E-state index contributed by atoms with van der Waals surface area (Å²) in [5.41, 5.74) is 4.91. The second-order valence-corrected chi connectivity index (χ2v) is 6.32. The Labute approximate surface area is 154 Å². The van der Waals surface area contributed by atoms with Gasteiger partial charge in [0.15, 0.2) is 0 Å². The molecule has 1 aromatic rings. The summed E-state index contributed by atoms with van der Waals surface area (Å²) in [7, 11) is 3.72. The first-order valence-electron chi connectivity index (χ1n) is 8.68. The third-order valence-electron chi connectivity index (χ3n) is 3.85. The van der Waals surface area contributed by atoms with Crippen molar-refractivity contribution in [1.82, 2.24) is 21.1 Å². The van der Waals surface area contributed by atoms with Gasteiger partial charge in [0.05, 0.1) is 6.54 Å². The van der Waals surface area contributed by atoms with Gasteiger partial charge in [-0.15, -0.1) is 0 Å². The van der Waals surface area contributed by atoms with E-state index < -0.39 is 0 Å². The van der Waals surface area contributed by atoms with Gasteiger partial charge in [-0.1, -0.05) is 0 Å². The van der Waals surface area contributed by atoms with Crippen molar-refractivity contribution in [1.29, 1.82) is 0 Å². The summed E-state index contributed by atoms with van der Waals surface area (Å²) >= 11 is 0. The molecule has 0 saturated heterocycles. The SMILES string of the molecule is CNCC(C)Oc1ccc(F)cc1CN=C1C=CN(NC)C(=C(C)C)N1. The molecular formula is C19H28FN5O. The Morgan fingerprint density at radius 2 is 2.12 bits per heavy atom. The van der Waals surface area contributed by atoms with Crippen LogP contribution in [-0.4, -0.2) is 37.6 Å². The number of hydrogen-bond donors (Lipinski definition) is 3. The van der Waals surface area contributed by atoms with E-state index in [9.17, 15) is 4.39 Å². The summed E-state index contributed by atoms with van der Waals surface area (Å²) in [6.07, 6.45) is 3.74. The molecule has 0 spiro atoms. The molecule has 3 N–H and O–H groups in total. The number of amidine groups is 1. The van der Waals surface area contributed by atoms with E-state index in [0.29, 0.717) is 30.2 Å². The van der Waals surface area contributed by atoms with E-state index in [-0.39, 0.29) is 11.9 Å². The van der Waals surface area contributed by atoms with Crippen LogP contribution in [0.1, 0.15) is 26.3 Å². The minimum atomic E-state index is -0.299. The monoisotopic (exact) mass is 361 g/mol. The van der Waals surface area contributed by atoms with Gasteiger partial charge < -0.3 is 15.4 Å². The predicted molar refractivity (Wildman–Crippen MR) is 103 cm³/mol. The number of hydrogen-bond acceptors (Lipinski definition) is 5. The summed E-state index contributed by atoms with van der Waals surface area (Å²) in [5.74, 6) is 1.99. The largest absolute Gasteiger partial charge is 0.489 e. The number of ether oxygens (including phenoxy) is 1. The Kier molecular flexibility index (Phi) is 7.17. The highest BCUT2D eigenvalue weighted by Gasteiger charge is 2.14. The van der Waals surface area contributed by atoms with Crippen molar-refractivity contribution in [2.45, 2.75) is 33.4 Å². The van der Waals surface area contributed by atoms with Gasteiger partial charge >= 0.3 is 0 Å². The Hall–Kier alpha value is -2.38. The molecule has 0 bridgehead atoms. The second-order valence-electron chi connectivity index (χ2n) is 6.32. The van der Waals surface area contributed by atoms with Crippen LogP contribution in [0.4, 0.5) is 4.39 Å². The molecule has 6 nitrogen and oxygen atoms in total. The van der Waals surface area contributed by atoms with Crippen molar-refractivity contribution in [2.24, 2.45) is 4.99 Å². The second kappa shape index (κ2) is 9.35. The predicted octanol–water partition coefficient (Wildman–Crippen LogP) is 2.52. The van der Waals surface area contributed by atoms with Crippen molar-refractivity contribution in [3.8, 4) is 5.75 Å². The lowest BCUT2D eigenvalue weighted by Crippen LogP contribution is -2.42. The molecule has 0 aliphatic carbocycles. The quantitative estimate of drug-likeness (QED) is 0.697. The molecule has 7 heteroatoms. The van der Waals surface area contributed by atoms with Crippen LogP contribution >= 0.6 is 0 Å². The van der Waals surface area contributed by atoms with Crippen LogP contribution < -0.4 is 20.8 Å². The number of rotatable bonds is 7. The fourth-order valence-corrected chi connectivity index (χ4v) is 2.59. The van der Waals surface area contributed by atoms with Crippen LogP contribution in [0.5, 0.6) is 5.75 Å². The third kappa shape index (κ3) is 5.31. The maximum Gasteiger partial charge on any atom is 0.128 e. The third-order valence-corrected chi connectivity index (χ3v) is 3.85. The van der Waals surface area contributed by atoms with Crippen LogP contribution in [0.15, 0.2) is 46.9 Å². The Balaban J connectivity index is 2.19. The van der Waals surface area contributed by atoms with Crippen molar-refractivity contribution in [3.05, 3.63) is 53.2 Å². The van der Waals surface area contributed by atoms with Gasteiger partial charge in [-0.25, -0.2) is 9.82 Å². The highest BCUT2D eigenvalue weighted by Crippen LogP contribution is 2.22. The van der Waals surface area contributed by atoms with Crippen LogP contribution in [0.2, 0.25) is 0 Å². The molecule has 0 saturated carbocycles. The van der Waals surface area contributed by atoms with Gasteiger partial charge in [0.25, 0.3) is 0 Å². The standard InChI is InChI=1S/C19H28FN5O/c1-13(2)19-24-18(8-9-25(19)22-5)23-12-15-10-16(20)6-7-17(15)26-14(3)11-21-4/h6-10,14,21-22H,11-12H2,1-5H3,(H,23,24). The van der Waals surface area contributed by atoms with Gasteiger partial charge in [0.1, 0.15) is 29.3 Å². The van der Waals surface area contributed by atoms with E-state index in [1.165, 1.54) is 12.1 Å².